The monoisotopic (exact) mass is 409 g/mol. The van der Waals surface area contributed by atoms with E-state index in [1.165, 1.54) is 5.56 Å². The summed E-state index contributed by atoms with van der Waals surface area (Å²) in [6, 6.07) is 5.92. The number of carbonyl (C=O) groups excluding carboxylic acids is 2. The highest BCUT2D eigenvalue weighted by Gasteiger charge is 2.26. The Morgan fingerprint density at radius 2 is 2.07 bits per heavy atom. The van der Waals surface area contributed by atoms with E-state index >= 15 is 0 Å². The minimum absolute atomic E-state index is 0. The average molecular weight is 410 g/mol. The summed E-state index contributed by atoms with van der Waals surface area (Å²) >= 11 is 0. The molecule has 0 saturated carbocycles. The lowest BCUT2D eigenvalue weighted by Gasteiger charge is -2.33. The van der Waals surface area contributed by atoms with Gasteiger partial charge in [-0.15, -0.1) is 12.4 Å². The van der Waals surface area contributed by atoms with Crippen LogP contribution in [-0.4, -0.2) is 55.5 Å². The fourth-order valence-electron chi connectivity index (χ4n) is 3.93. The maximum atomic E-state index is 12.5. The summed E-state index contributed by atoms with van der Waals surface area (Å²) in [6.07, 6.45) is 3.98. The van der Waals surface area contributed by atoms with Crippen LogP contribution < -0.4 is 15.4 Å². The first-order valence-corrected chi connectivity index (χ1v) is 10.0. The summed E-state index contributed by atoms with van der Waals surface area (Å²) in [4.78, 5) is 26.6. The largest absolute Gasteiger partial charge is 0.484 e. The molecule has 0 spiro atoms. The van der Waals surface area contributed by atoms with E-state index in [1.807, 2.05) is 30.9 Å². The number of aryl methyl sites for hydroxylation is 2. The second-order valence-corrected chi connectivity index (χ2v) is 7.80. The Morgan fingerprint density at radius 1 is 1.25 bits per heavy atom. The van der Waals surface area contributed by atoms with Crippen molar-refractivity contribution >= 4 is 24.2 Å². The van der Waals surface area contributed by atoms with Gasteiger partial charge in [0.1, 0.15) is 5.75 Å². The SMILES string of the molecule is Cc1ccc(OCC(=O)N2CCCC(CNC(=O)C3CCCN3)C2)c(C)c1.Cl. The molecule has 2 heterocycles. The van der Waals surface area contributed by atoms with E-state index in [4.69, 9.17) is 4.74 Å². The molecule has 0 aromatic heterocycles. The number of amides is 2. The molecule has 3 rings (SSSR count). The molecule has 7 heteroatoms. The number of piperidine rings is 1. The maximum Gasteiger partial charge on any atom is 0.260 e. The second kappa shape index (κ2) is 10.7. The fraction of sp³-hybridized carbons (Fsp3) is 0.619. The molecular weight excluding hydrogens is 378 g/mol. The highest BCUT2D eigenvalue weighted by atomic mass is 35.5. The van der Waals surface area contributed by atoms with Crippen molar-refractivity contribution in [3.05, 3.63) is 29.3 Å². The molecule has 0 radical (unpaired) electrons. The molecule has 2 aliphatic heterocycles. The summed E-state index contributed by atoms with van der Waals surface area (Å²) in [7, 11) is 0. The number of hydrogen-bond acceptors (Lipinski definition) is 4. The summed E-state index contributed by atoms with van der Waals surface area (Å²) in [5.41, 5.74) is 2.22. The number of halogens is 1. The van der Waals surface area contributed by atoms with Gasteiger partial charge in [0.25, 0.3) is 5.91 Å². The minimum atomic E-state index is -0.0440. The number of rotatable bonds is 6. The molecule has 1 aromatic carbocycles. The van der Waals surface area contributed by atoms with Gasteiger partial charge in [0, 0.05) is 19.6 Å². The number of nitrogens with one attached hydrogen (secondary N) is 2. The first-order valence-electron chi connectivity index (χ1n) is 10.0. The van der Waals surface area contributed by atoms with E-state index in [2.05, 4.69) is 16.7 Å². The van der Waals surface area contributed by atoms with E-state index in [0.29, 0.717) is 19.0 Å². The fourth-order valence-corrected chi connectivity index (χ4v) is 3.93. The van der Waals surface area contributed by atoms with Crippen LogP contribution >= 0.6 is 12.4 Å². The molecule has 2 aliphatic rings. The first kappa shape index (κ1) is 22.5. The van der Waals surface area contributed by atoms with E-state index in [-0.39, 0.29) is 36.9 Å². The smallest absolute Gasteiger partial charge is 0.260 e. The molecule has 2 saturated heterocycles. The zero-order chi connectivity index (χ0) is 19.2. The molecule has 6 nitrogen and oxygen atoms in total. The zero-order valence-electron chi connectivity index (χ0n) is 16.8. The van der Waals surface area contributed by atoms with Crippen LogP contribution in [0, 0.1) is 19.8 Å². The van der Waals surface area contributed by atoms with Crippen molar-refractivity contribution in [1.29, 1.82) is 0 Å². The van der Waals surface area contributed by atoms with Crippen LogP contribution in [0.3, 0.4) is 0 Å². The molecule has 0 bridgehead atoms. The van der Waals surface area contributed by atoms with Crippen LogP contribution in [0.25, 0.3) is 0 Å². The molecule has 1 aromatic rings. The standard InChI is InChI=1S/C21H31N3O3.ClH/c1-15-7-8-19(16(2)11-15)27-14-20(25)24-10-4-5-17(13-24)12-23-21(26)18-6-3-9-22-18;/h7-8,11,17-18,22H,3-6,9-10,12-14H2,1-2H3,(H,23,26);1H. The second-order valence-electron chi connectivity index (χ2n) is 7.80. The molecule has 2 atom stereocenters. The third kappa shape index (κ3) is 6.11. The van der Waals surface area contributed by atoms with Gasteiger partial charge in [-0.2, -0.15) is 0 Å². The van der Waals surface area contributed by atoms with Gasteiger partial charge in [-0.05, 0) is 63.6 Å². The van der Waals surface area contributed by atoms with Crippen LogP contribution in [-0.2, 0) is 9.59 Å². The van der Waals surface area contributed by atoms with Crippen LogP contribution in [0.2, 0.25) is 0 Å². The van der Waals surface area contributed by atoms with Gasteiger partial charge in [0.2, 0.25) is 5.91 Å². The maximum absolute atomic E-state index is 12.5. The highest BCUT2D eigenvalue weighted by molar-refractivity contribution is 5.85. The van der Waals surface area contributed by atoms with Crippen molar-refractivity contribution in [2.24, 2.45) is 5.92 Å². The Balaban J connectivity index is 0.00000280. The Bertz CT molecular complexity index is 677. The van der Waals surface area contributed by atoms with Crippen LogP contribution in [0.4, 0.5) is 0 Å². The van der Waals surface area contributed by atoms with Gasteiger partial charge < -0.3 is 20.3 Å². The third-order valence-electron chi connectivity index (χ3n) is 5.50. The number of nitrogens with zero attached hydrogens (tertiary/aromatic N) is 1. The quantitative estimate of drug-likeness (QED) is 0.755. The summed E-state index contributed by atoms with van der Waals surface area (Å²) in [5, 5.41) is 6.27. The third-order valence-corrected chi connectivity index (χ3v) is 5.50. The summed E-state index contributed by atoms with van der Waals surface area (Å²) in [6.45, 7) is 7.11. The average Bonchev–Trinajstić information content (AvgIpc) is 3.20. The Labute approximate surface area is 173 Å². The van der Waals surface area contributed by atoms with Crippen molar-refractivity contribution in [3.8, 4) is 5.75 Å². The van der Waals surface area contributed by atoms with Gasteiger partial charge in [0.05, 0.1) is 6.04 Å². The van der Waals surface area contributed by atoms with Crippen molar-refractivity contribution in [1.82, 2.24) is 15.5 Å². The lowest BCUT2D eigenvalue weighted by molar-refractivity contribution is -0.135. The van der Waals surface area contributed by atoms with Crippen molar-refractivity contribution in [2.75, 3.05) is 32.8 Å². The molecule has 0 aliphatic carbocycles. The number of ether oxygens (including phenoxy) is 1. The molecular formula is C21H32ClN3O3. The van der Waals surface area contributed by atoms with E-state index < -0.39 is 0 Å². The Morgan fingerprint density at radius 3 is 2.79 bits per heavy atom. The number of benzene rings is 1. The predicted molar refractivity (Wildman–Crippen MR) is 112 cm³/mol. The molecule has 2 unspecified atom stereocenters. The zero-order valence-corrected chi connectivity index (χ0v) is 17.6. The van der Waals surface area contributed by atoms with E-state index in [9.17, 15) is 9.59 Å². The van der Waals surface area contributed by atoms with Crippen LogP contribution in [0.1, 0.15) is 36.8 Å². The molecule has 28 heavy (non-hydrogen) atoms. The van der Waals surface area contributed by atoms with Gasteiger partial charge in [-0.3, -0.25) is 9.59 Å². The van der Waals surface area contributed by atoms with E-state index in [0.717, 1.165) is 50.1 Å². The van der Waals surface area contributed by atoms with Crippen LogP contribution in [0.15, 0.2) is 18.2 Å². The van der Waals surface area contributed by atoms with Gasteiger partial charge >= 0.3 is 0 Å². The first-order chi connectivity index (χ1) is 13.0. The molecule has 2 N–H and O–H groups in total. The topological polar surface area (TPSA) is 70.7 Å². The summed E-state index contributed by atoms with van der Waals surface area (Å²) in [5.74, 6) is 1.19. The van der Waals surface area contributed by atoms with Crippen LogP contribution in [0.5, 0.6) is 5.75 Å². The van der Waals surface area contributed by atoms with E-state index in [1.54, 1.807) is 0 Å². The van der Waals surface area contributed by atoms with Gasteiger partial charge in [0.15, 0.2) is 6.61 Å². The number of carbonyl (C=O) groups is 2. The Hall–Kier alpha value is -1.79. The molecule has 2 amide bonds. The van der Waals surface area contributed by atoms with Crippen molar-refractivity contribution in [2.45, 2.75) is 45.6 Å². The van der Waals surface area contributed by atoms with Crippen molar-refractivity contribution in [3.63, 3.8) is 0 Å². The number of likely N-dealkylation sites (tertiary alicyclic amines) is 1. The molecule has 156 valence electrons. The highest BCUT2D eigenvalue weighted by Crippen LogP contribution is 2.20. The van der Waals surface area contributed by atoms with Gasteiger partial charge in [-0.1, -0.05) is 17.7 Å². The minimum Gasteiger partial charge on any atom is -0.484 e. The molecule has 2 fully saturated rings. The number of hydrogen-bond donors (Lipinski definition) is 2. The normalized spacial score (nSPS) is 21.7. The van der Waals surface area contributed by atoms with Gasteiger partial charge in [-0.25, -0.2) is 0 Å². The predicted octanol–water partition coefficient (Wildman–Crippen LogP) is 2.21. The van der Waals surface area contributed by atoms with Crippen molar-refractivity contribution < 1.29 is 14.3 Å². The summed E-state index contributed by atoms with van der Waals surface area (Å²) < 4.78 is 5.74. The lowest BCUT2D eigenvalue weighted by atomic mass is 9.97. The Kier molecular flexibility index (Phi) is 8.58. The lowest BCUT2D eigenvalue weighted by Crippen LogP contribution is -2.47.